The highest BCUT2D eigenvalue weighted by molar-refractivity contribution is 7.99. The van der Waals surface area contributed by atoms with Gasteiger partial charge >= 0.3 is 4.87 Å². The lowest BCUT2D eigenvalue weighted by atomic mass is 10.1. The Bertz CT molecular complexity index is 1150. The van der Waals surface area contributed by atoms with Crippen molar-refractivity contribution in [1.29, 1.82) is 0 Å². The summed E-state index contributed by atoms with van der Waals surface area (Å²) in [7, 11) is 0. The van der Waals surface area contributed by atoms with E-state index in [1.165, 1.54) is 16.9 Å². The summed E-state index contributed by atoms with van der Waals surface area (Å²) in [5.74, 6) is 0.831. The van der Waals surface area contributed by atoms with Crippen molar-refractivity contribution in [2.75, 3.05) is 0 Å². The Labute approximate surface area is 178 Å². The number of aromatic nitrogens is 4. The minimum Gasteiger partial charge on any atom is -0.304 e. The zero-order chi connectivity index (χ0) is 20.2. The molecule has 0 saturated carbocycles. The summed E-state index contributed by atoms with van der Waals surface area (Å²) < 4.78 is 4.99. The highest BCUT2D eigenvalue weighted by Crippen LogP contribution is 2.25. The third-order valence-corrected chi connectivity index (χ3v) is 7.22. The van der Waals surface area contributed by atoms with E-state index in [0.29, 0.717) is 11.8 Å². The number of thiazole rings is 1. The molecule has 2 aromatic carbocycles. The Kier molecular flexibility index (Phi) is 6.16. The van der Waals surface area contributed by atoms with Crippen molar-refractivity contribution >= 4 is 33.3 Å². The second kappa shape index (κ2) is 8.97. The third kappa shape index (κ3) is 4.46. The lowest BCUT2D eigenvalue weighted by Crippen LogP contribution is -2.18. The van der Waals surface area contributed by atoms with Crippen LogP contribution in [0.2, 0.25) is 0 Å². The van der Waals surface area contributed by atoms with Gasteiger partial charge in [-0.3, -0.25) is 9.36 Å². The predicted octanol–water partition coefficient (Wildman–Crippen LogP) is 4.84. The number of para-hydroxylation sites is 1. The molecule has 0 radical (unpaired) electrons. The van der Waals surface area contributed by atoms with Gasteiger partial charge in [-0.15, -0.1) is 10.2 Å². The second-order valence-corrected chi connectivity index (χ2v) is 9.44. The van der Waals surface area contributed by atoms with Crippen molar-refractivity contribution in [3.63, 3.8) is 0 Å². The van der Waals surface area contributed by atoms with Crippen LogP contribution in [0, 0.1) is 0 Å². The van der Waals surface area contributed by atoms with Gasteiger partial charge in [0.2, 0.25) is 0 Å². The first-order valence-corrected chi connectivity index (χ1v) is 11.6. The summed E-state index contributed by atoms with van der Waals surface area (Å²) in [5, 5.41) is 10.3. The maximum atomic E-state index is 12.6. The van der Waals surface area contributed by atoms with Crippen LogP contribution in [0.25, 0.3) is 10.2 Å². The van der Waals surface area contributed by atoms with Crippen molar-refractivity contribution in [2.45, 2.75) is 50.2 Å². The topological polar surface area (TPSA) is 52.7 Å². The van der Waals surface area contributed by atoms with Crippen LogP contribution in [0.1, 0.15) is 31.7 Å². The molecule has 0 amide bonds. The van der Waals surface area contributed by atoms with Gasteiger partial charge < -0.3 is 4.57 Å². The number of thioether (sulfide) groups is 1. The summed E-state index contributed by atoms with van der Waals surface area (Å²) >= 11 is 3.03. The molecular weight excluding hydrogens is 400 g/mol. The van der Waals surface area contributed by atoms with E-state index in [2.05, 4.69) is 52.9 Å². The van der Waals surface area contributed by atoms with Crippen LogP contribution in [0.15, 0.2) is 64.5 Å². The second-order valence-electron chi connectivity index (χ2n) is 7.04. The molecule has 0 spiro atoms. The Balaban J connectivity index is 1.66. The smallest absolute Gasteiger partial charge is 0.304 e. The van der Waals surface area contributed by atoms with E-state index in [9.17, 15) is 4.79 Å². The number of fused-ring (bicyclic) bond motifs is 1. The Morgan fingerprint density at radius 2 is 1.79 bits per heavy atom. The van der Waals surface area contributed by atoms with E-state index in [4.69, 9.17) is 0 Å². The summed E-state index contributed by atoms with van der Waals surface area (Å²) in [6.45, 7) is 5.62. The van der Waals surface area contributed by atoms with E-state index in [1.54, 1.807) is 16.3 Å². The maximum Gasteiger partial charge on any atom is 0.308 e. The summed E-state index contributed by atoms with van der Waals surface area (Å²) in [5.41, 5.74) is 2.24. The molecule has 0 aliphatic carbocycles. The Morgan fingerprint density at radius 1 is 1.03 bits per heavy atom. The highest BCUT2D eigenvalue weighted by atomic mass is 32.2. The van der Waals surface area contributed by atoms with Gasteiger partial charge in [0.05, 0.1) is 16.8 Å². The molecule has 2 aromatic heterocycles. The van der Waals surface area contributed by atoms with Crippen molar-refractivity contribution in [3.8, 4) is 0 Å². The zero-order valence-electron chi connectivity index (χ0n) is 16.6. The molecule has 0 aliphatic heterocycles. The molecule has 1 atom stereocenters. The molecule has 0 bridgehead atoms. The van der Waals surface area contributed by atoms with E-state index < -0.39 is 0 Å². The normalized spacial score (nSPS) is 12.5. The van der Waals surface area contributed by atoms with Gasteiger partial charge in [-0.2, -0.15) is 0 Å². The van der Waals surface area contributed by atoms with Crippen molar-refractivity contribution < 1.29 is 0 Å². The number of nitrogens with zero attached hydrogens (tertiary/aromatic N) is 4. The molecule has 0 saturated heterocycles. The van der Waals surface area contributed by atoms with Gasteiger partial charge in [-0.05, 0) is 30.5 Å². The largest absolute Gasteiger partial charge is 0.308 e. The van der Waals surface area contributed by atoms with Crippen LogP contribution in [0.5, 0.6) is 0 Å². The zero-order valence-corrected chi connectivity index (χ0v) is 18.2. The van der Waals surface area contributed by atoms with Gasteiger partial charge in [0.1, 0.15) is 0 Å². The van der Waals surface area contributed by atoms with E-state index in [1.807, 2.05) is 30.3 Å². The fourth-order valence-electron chi connectivity index (χ4n) is 3.20. The first-order valence-electron chi connectivity index (χ1n) is 9.86. The average molecular weight is 425 g/mol. The molecule has 7 heteroatoms. The fourth-order valence-corrected chi connectivity index (χ4v) is 5.03. The van der Waals surface area contributed by atoms with Crippen molar-refractivity contribution in [2.24, 2.45) is 0 Å². The molecule has 150 valence electrons. The number of hydrogen-bond acceptors (Lipinski definition) is 5. The van der Waals surface area contributed by atoms with E-state index in [0.717, 1.165) is 40.6 Å². The third-order valence-electron chi connectivity index (χ3n) is 5.02. The van der Waals surface area contributed by atoms with Crippen LogP contribution < -0.4 is 4.87 Å². The van der Waals surface area contributed by atoms with Crippen molar-refractivity contribution in [1.82, 2.24) is 19.3 Å². The number of rotatable bonds is 8. The van der Waals surface area contributed by atoms with Gasteiger partial charge in [-0.1, -0.05) is 79.4 Å². The fraction of sp³-hybridized carbons (Fsp3) is 0.318. The first-order chi connectivity index (χ1) is 14.2. The number of hydrogen-bond donors (Lipinski definition) is 0. The van der Waals surface area contributed by atoms with E-state index >= 15 is 0 Å². The standard InChI is InChI=1S/C22H24N4OS2/c1-3-16(2)28-21-24-23-20(25(21)14-13-17-9-5-4-6-10-17)15-26-18-11-7-8-12-19(18)29-22(26)27/h4-12,16H,3,13-15H2,1-2H3. The van der Waals surface area contributed by atoms with Gasteiger partial charge in [-0.25, -0.2) is 0 Å². The van der Waals surface area contributed by atoms with E-state index in [-0.39, 0.29) is 4.87 Å². The van der Waals surface area contributed by atoms with Crippen LogP contribution in [0.3, 0.4) is 0 Å². The molecule has 4 aromatic rings. The van der Waals surface area contributed by atoms with Gasteiger partial charge in [0.25, 0.3) is 0 Å². The summed E-state index contributed by atoms with van der Waals surface area (Å²) in [6, 6.07) is 18.4. The Hall–Kier alpha value is -2.38. The summed E-state index contributed by atoms with van der Waals surface area (Å²) in [4.78, 5) is 12.6. The molecule has 0 fully saturated rings. The monoisotopic (exact) mass is 424 g/mol. The lowest BCUT2D eigenvalue weighted by Gasteiger charge is -2.13. The Morgan fingerprint density at radius 3 is 2.59 bits per heavy atom. The van der Waals surface area contributed by atoms with Crippen molar-refractivity contribution in [3.05, 3.63) is 75.7 Å². The van der Waals surface area contributed by atoms with Crippen LogP contribution >= 0.6 is 23.1 Å². The first kappa shape index (κ1) is 19.9. The molecular formula is C22H24N4OS2. The summed E-state index contributed by atoms with van der Waals surface area (Å²) in [6.07, 6.45) is 1.97. The van der Waals surface area contributed by atoms with Gasteiger partial charge in [0.15, 0.2) is 11.0 Å². The number of aryl methyl sites for hydroxylation is 1. The predicted molar refractivity (Wildman–Crippen MR) is 121 cm³/mol. The molecule has 2 heterocycles. The molecule has 5 nitrogen and oxygen atoms in total. The molecule has 4 rings (SSSR count). The molecule has 1 unspecified atom stereocenters. The van der Waals surface area contributed by atoms with Gasteiger partial charge in [0, 0.05) is 11.8 Å². The highest BCUT2D eigenvalue weighted by Gasteiger charge is 2.17. The minimum absolute atomic E-state index is 0.0416. The SMILES string of the molecule is CCC(C)Sc1nnc(Cn2c(=O)sc3ccccc32)n1CCc1ccccc1. The minimum atomic E-state index is 0.0416. The van der Waals surface area contributed by atoms with Crippen LogP contribution in [0.4, 0.5) is 0 Å². The quantitative estimate of drug-likeness (QED) is 0.380. The average Bonchev–Trinajstić information content (AvgIpc) is 3.27. The molecule has 0 aliphatic rings. The lowest BCUT2D eigenvalue weighted by molar-refractivity contribution is 0.585. The van der Waals surface area contributed by atoms with Crippen LogP contribution in [-0.2, 0) is 19.5 Å². The molecule has 29 heavy (non-hydrogen) atoms. The molecule has 0 N–H and O–H groups in total. The number of benzene rings is 2. The maximum absolute atomic E-state index is 12.6. The van der Waals surface area contributed by atoms with Crippen LogP contribution in [-0.4, -0.2) is 24.6 Å².